The number of carbonyl (C=O) groups excluding carboxylic acids is 1. The van der Waals surface area contributed by atoms with Crippen molar-refractivity contribution in [2.45, 2.75) is 23.5 Å². The third-order valence-electron chi connectivity index (χ3n) is 3.88. The number of benzene rings is 2. The summed E-state index contributed by atoms with van der Waals surface area (Å²) in [5.41, 5.74) is 1.08. The molecular formula is C17H15BrN2O3S. The molecule has 0 bridgehead atoms. The summed E-state index contributed by atoms with van der Waals surface area (Å²) in [6.45, 7) is 2.73. The Morgan fingerprint density at radius 1 is 1.33 bits per heavy atom. The predicted octanol–water partition coefficient (Wildman–Crippen LogP) is 4.89. The minimum Gasteiger partial charge on any atom is -0.307 e. The summed E-state index contributed by atoms with van der Waals surface area (Å²) in [5, 5.41) is 11.5. The molecule has 0 saturated carbocycles. The fourth-order valence-corrected chi connectivity index (χ4v) is 4.14. The van der Waals surface area contributed by atoms with Crippen molar-refractivity contribution in [2.24, 2.45) is 0 Å². The molecule has 2 aromatic rings. The van der Waals surface area contributed by atoms with Crippen LogP contribution in [0.3, 0.4) is 0 Å². The van der Waals surface area contributed by atoms with Crippen LogP contribution in [-0.4, -0.2) is 22.6 Å². The molecule has 0 unspecified atom stereocenters. The molecule has 2 aromatic carbocycles. The van der Waals surface area contributed by atoms with E-state index in [2.05, 4.69) is 22.9 Å². The van der Waals surface area contributed by atoms with Crippen LogP contribution in [0, 0.1) is 10.1 Å². The van der Waals surface area contributed by atoms with Crippen LogP contribution in [-0.2, 0) is 0 Å². The number of carbonyl (C=O) groups is 1. The van der Waals surface area contributed by atoms with Gasteiger partial charge in [-0.15, -0.1) is 11.8 Å². The first-order chi connectivity index (χ1) is 11.5. The molecule has 5 nitrogen and oxygen atoms in total. The Bertz CT molecular complexity index is 812. The second-order valence-electron chi connectivity index (χ2n) is 5.56. The zero-order valence-electron chi connectivity index (χ0n) is 12.9. The number of anilines is 1. The number of nitro groups is 1. The second kappa shape index (κ2) is 6.94. The molecule has 1 aliphatic heterocycles. The van der Waals surface area contributed by atoms with Gasteiger partial charge in [0.2, 0.25) is 0 Å². The molecule has 0 aliphatic carbocycles. The fourth-order valence-electron chi connectivity index (χ4n) is 2.64. The summed E-state index contributed by atoms with van der Waals surface area (Å²) in [7, 11) is 0. The lowest BCUT2D eigenvalue weighted by molar-refractivity contribution is -0.385. The molecule has 1 atom stereocenters. The topological polar surface area (TPSA) is 63.5 Å². The number of nitrogens with zero attached hydrogens (tertiary/aromatic N) is 2. The van der Waals surface area contributed by atoms with E-state index >= 15 is 0 Å². The number of rotatable bonds is 2. The third-order valence-corrected chi connectivity index (χ3v) is 5.79. The summed E-state index contributed by atoms with van der Waals surface area (Å²) in [6.07, 6.45) is 0.865. The molecule has 24 heavy (non-hydrogen) atoms. The van der Waals surface area contributed by atoms with Gasteiger partial charge in [-0.2, -0.15) is 0 Å². The van der Waals surface area contributed by atoms with E-state index in [0.717, 1.165) is 17.0 Å². The molecule has 1 amide bonds. The lowest BCUT2D eigenvalue weighted by Gasteiger charge is -2.22. The molecule has 0 N–H and O–H groups in total. The Kier molecular flexibility index (Phi) is 4.91. The molecule has 1 heterocycles. The van der Waals surface area contributed by atoms with E-state index in [9.17, 15) is 14.9 Å². The molecule has 3 rings (SSSR count). The van der Waals surface area contributed by atoms with E-state index in [-0.39, 0.29) is 11.6 Å². The van der Waals surface area contributed by atoms with Crippen molar-refractivity contribution in [3.05, 3.63) is 62.6 Å². The average Bonchev–Trinajstić information content (AvgIpc) is 2.72. The van der Waals surface area contributed by atoms with Crippen LogP contribution >= 0.6 is 27.7 Å². The second-order valence-corrected chi connectivity index (χ2v) is 7.90. The van der Waals surface area contributed by atoms with Gasteiger partial charge in [-0.05, 0) is 46.6 Å². The maximum atomic E-state index is 13.0. The standard InChI is InChI=1S/C17H15BrN2O3S/c1-11-8-9-19(14-4-2-3-5-16(14)24-11)17(21)12-6-7-13(18)15(10-12)20(22)23/h2-7,10-11H,8-9H2,1H3/t11-/m0/s1. The smallest absolute Gasteiger partial charge is 0.284 e. The van der Waals surface area contributed by atoms with Crippen molar-refractivity contribution >= 4 is 45.0 Å². The van der Waals surface area contributed by atoms with Gasteiger partial charge in [0.25, 0.3) is 11.6 Å². The maximum absolute atomic E-state index is 13.0. The molecular weight excluding hydrogens is 392 g/mol. The number of hydrogen-bond acceptors (Lipinski definition) is 4. The third kappa shape index (κ3) is 3.32. The first-order valence-electron chi connectivity index (χ1n) is 7.49. The van der Waals surface area contributed by atoms with Gasteiger partial charge in [0, 0.05) is 28.3 Å². The zero-order valence-corrected chi connectivity index (χ0v) is 15.3. The van der Waals surface area contributed by atoms with Crippen molar-refractivity contribution in [3.63, 3.8) is 0 Å². The van der Waals surface area contributed by atoms with Gasteiger partial charge in [-0.3, -0.25) is 14.9 Å². The van der Waals surface area contributed by atoms with Crippen molar-refractivity contribution in [1.29, 1.82) is 0 Å². The highest BCUT2D eigenvalue weighted by Crippen LogP contribution is 2.38. The Balaban J connectivity index is 2.01. The molecule has 0 radical (unpaired) electrons. The van der Waals surface area contributed by atoms with Crippen LogP contribution in [0.1, 0.15) is 23.7 Å². The number of thioether (sulfide) groups is 1. The number of halogens is 1. The summed E-state index contributed by atoms with van der Waals surface area (Å²) >= 11 is 4.90. The van der Waals surface area contributed by atoms with Crippen LogP contribution in [0.4, 0.5) is 11.4 Å². The Labute approximate surface area is 152 Å². The van der Waals surface area contributed by atoms with Crippen LogP contribution in [0.5, 0.6) is 0 Å². The van der Waals surface area contributed by atoms with Gasteiger partial charge >= 0.3 is 0 Å². The van der Waals surface area contributed by atoms with Crippen LogP contribution in [0.2, 0.25) is 0 Å². The molecule has 0 aromatic heterocycles. The molecule has 124 valence electrons. The van der Waals surface area contributed by atoms with Crippen LogP contribution in [0.15, 0.2) is 51.8 Å². The van der Waals surface area contributed by atoms with E-state index in [0.29, 0.717) is 21.8 Å². The monoisotopic (exact) mass is 406 g/mol. The Morgan fingerprint density at radius 2 is 2.08 bits per heavy atom. The Morgan fingerprint density at radius 3 is 2.83 bits per heavy atom. The number of para-hydroxylation sites is 1. The number of amides is 1. The van der Waals surface area contributed by atoms with Crippen LogP contribution < -0.4 is 4.90 Å². The summed E-state index contributed by atoms with van der Waals surface area (Å²) in [5.74, 6) is -0.215. The van der Waals surface area contributed by atoms with Crippen molar-refractivity contribution in [3.8, 4) is 0 Å². The van der Waals surface area contributed by atoms with E-state index in [1.165, 1.54) is 6.07 Å². The van der Waals surface area contributed by atoms with E-state index in [1.807, 2.05) is 24.3 Å². The lowest BCUT2D eigenvalue weighted by Crippen LogP contribution is -2.32. The fraction of sp³-hybridized carbons (Fsp3) is 0.235. The van der Waals surface area contributed by atoms with E-state index in [4.69, 9.17) is 0 Å². The van der Waals surface area contributed by atoms with E-state index in [1.54, 1.807) is 28.8 Å². The summed E-state index contributed by atoms with van der Waals surface area (Å²) in [6, 6.07) is 12.3. The highest BCUT2D eigenvalue weighted by Gasteiger charge is 2.26. The predicted molar refractivity (Wildman–Crippen MR) is 98.9 cm³/mol. The van der Waals surface area contributed by atoms with Crippen molar-refractivity contribution in [1.82, 2.24) is 0 Å². The minimum absolute atomic E-state index is 0.105. The summed E-state index contributed by atoms with van der Waals surface area (Å²) < 4.78 is 0.365. The van der Waals surface area contributed by atoms with Gasteiger partial charge < -0.3 is 4.90 Å². The number of fused-ring (bicyclic) bond motifs is 1. The number of hydrogen-bond donors (Lipinski definition) is 0. The SMILES string of the molecule is C[C@H]1CCN(C(=O)c2ccc(Br)c([N+](=O)[O-])c2)c2ccccc2S1. The van der Waals surface area contributed by atoms with Gasteiger partial charge in [-0.25, -0.2) is 0 Å². The normalized spacial score (nSPS) is 17.1. The van der Waals surface area contributed by atoms with Gasteiger partial charge in [0.1, 0.15) is 0 Å². The van der Waals surface area contributed by atoms with Gasteiger partial charge in [-0.1, -0.05) is 19.1 Å². The van der Waals surface area contributed by atoms with Crippen molar-refractivity contribution in [2.75, 3.05) is 11.4 Å². The highest BCUT2D eigenvalue weighted by atomic mass is 79.9. The van der Waals surface area contributed by atoms with E-state index < -0.39 is 4.92 Å². The molecule has 7 heteroatoms. The first kappa shape index (κ1) is 17.0. The molecule has 0 fully saturated rings. The maximum Gasteiger partial charge on any atom is 0.284 e. The number of nitro benzene ring substituents is 1. The first-order valence-corrected chi connectivity index (χ1v) is 9.16. The quantitative estimate of drug-likeness (QED) is 0.525. The molecule has 0 spiro atoms. The van der Waals surface area contributed by atoms with Gasteiger partial charge in [0.05, 0.1) is 15.1 Å². The zero-order chi connectivity index (χ0) is 17.3. The average molecular weight is 407 g/mol. The lowest BCUT2D eigenvalue weighted by atomic mass is 10.1. The van der Waals surface area contributed by atoms with Crippen LogP contribution in [0.25, 0.3) is 0 Å². The van der Waals surface area contributed by atoms with Gasteiger partial charge in [0.15, 0.2) is 0 Å². The summed E-state index contributed by atoms with van der Waals surface area (Å²) in [4.78, 5) is 26.4. The highest BCUT2D eigenvalue weighted by molar-refractivity contribution is 9.10. The largest absolute Gasteiger partial charge is 0.307 e. The molecule has 0 saturated heterocycles. The Hall–Kier alpha value is -1.86. The molecule has 1 aliphatic rings. The minimum atomic E-state index is -0.491. The van der Waals surface area contributed by atoms with Crippen molar-refractivity contribution < 1.29 is 9.72 Å².